The average Bonchev–Trinajstić information content (AvgIpc) is 2.57. The van der Waals surface area contributed by atoms with Crippen molar-refractivity contribution in [3.63, 3.8) is 0 Å². The van der Waals surface area contributed by atoms with Crippen molar-refractivity contribution in [1.29, 1.82) is 0 Å². The summed E-state index contributed by atoms with van der Waals surface area (Å²) >= 11 is 0.493. The Balaban J connectivity index is 1.75. The molecule has 3 rings (SSSR count). The third kappa shape index (κ3) is 4.59. The van der Waals surface area contributed by atoms with E-state index in [0.717, 1.165) is 12.8 Å². The molecule has 0 nitrogen and oxygen atoms in total. The van der Waals surface area contributed by atoms with Gasteiger partial charge in [0.25, 0.3) is 0 Å². The molecule has 0 saturated carbocycles. The van der Waals surface area contributed by atoms with Gasteiger partial charge in [-0.25, -0.2) is 0 Å². The molecule has 0 N–H and O–H groups in total. The number of benzene rings is 3. The summed E-state index contributed by atoms with van der Waals surface area (Å²) in [5.41, 5.74) is 2.89. The zero-order valence-electron chi connectivity index (χ0n) is 12.6. The van der Waals surface area contributed by atoms with Gasteiger partial charge in [-0.05, 0) is 0 Å². The van der Waals surface area contributed by atoms with Crippen molar-refractivity contribution in [2.75, 3.05) is 0 Å². The van der Waals surface area contributed by atoms with E-state index in [4.69, 9.17) is 0 Å². The van der Waals surface area contributed by atoms with E-state index in [-0.39, 0.29) is 0 Å². The number of rotatable bonds is 6. The van der Waals surface area contributed by atoms with Crippen LogP contribution >= 0.6 is 0 Å². The summed E-state index contributed by atoms with van der Waals surface area (Å²) in [6.07, 6.45) is 2.31. The van der Waals surface area contributed by atoms with E-state index in [2.05, 4.69) is 91.0 Å². The predicted octanol–water partition coefficient (Wildman–Crippen LogP) is 4.29. The first-order valence-corrected chi connectivity index (χ1v) is 9.54. The van der Waals surface area contributed by atoms with Crippen molar-refractivity contribution < 1.29 is 0 Å². The summed E-state index contributed by atoms with van der Waals surface area (Å²) < 4.78 is 1.49. The fourth-order valence-corrected chi connectivity index (χ4v) is 5.23. The molecule has 0 atom stereocenters. The predicted molar refractivity (Wildman–Crippen MR) is 95.9 cm³/mol. The van der Waals surface area contributed by atoms with Gasteiger partial charge < -0.3 is 0 Å². The van der Waals surface area contributed by atoms with Gasteiger partial charge in [-0.2, -0.15) is 0 Å². The van der Waals surface area contributed by atoms with Crippen LogP contribution in [0.25, 0.3) is 0 Å². The van der Waals surface area contributed by atoms with Crippen molar-refractivity contribution in [2.45, 2.75) is 17.7 Å². The molecule has 0 fully saturated rings. The first-order valence-electron chi connectivity index (χ1n) is 7.70. The van der Waals surface area contributed by atoms with Crippen molar-refractivity contribution in [2.24, 2.45) is 0 Å². The van der Waals surface area contributed by atoms with Gasteiger partial charge in [-0.1, -0.05) is 0 Å². The van der Waals surface area contributed by atoms with E-state index in [0.29, 0.717) is 19.8 Å². The van der Waals surface area contributed by atoms with Crippen LogP contribution in [0.2, 0.25) is 4.82 Å². The summed E-state index contributed by atoms with van der Waals surface area (Å²) in [5.74, 6) is 0. The van der Waals surface area contributed by atoms with Crippen LogP contribution in [0.5, 0.6) is 0 Å². The van der Waals surface area contributed by atoms with E-state index in [1.807, 2.05) is 0 Å². The Bertz CT molecular complexity index is 563. The molecule has 0 radical (unpaired) electrons. The minimum atomic E-state index is 0.493. The second-order valence-electron chi connectivity index (χ2n) is 5.43. The molecule has 0 bridgehead atoms. The SMILES string of the molecule is c1ccc(CC(Cc2ccccc2)[Se]c2ccccc2)cc1. The van der Waals surface area contributed by atoms with E-state index in [1.54, 1.807) is 0 Å². The van der Waals surface area contributed by atoms with Gasteiger partial charge in [0, 0.05) is 0 Å². The Labute approximate surface area is 139 Å². The zero-order valence-corrected chi connectivity index (χ0v) is 14.3. The van der Waals surface area contributed by atoms with Gasteiger partial charge in [0.2, 0.25) is 0 Å². The molecule has 0 aromatic heterocycles. The third-order valence-electron chi connectivity index (χ3n) is 3.66. The molecular formula is C21H20Se. The summed E-state index contributed by atoms with van der Waals surface area (Å²) in [7, 11) is 0. The normalized spacial score (nSPS) is 10.8. The van der Waals surface area contributed by atoms with Gasteiger partial charge in [0.15, 0.2) is 0 Å². The van der Waals surface area contributed by atoms with Crippen LogP contribution in [0.4, 0.5) is 0 Å². The molecule has 0 aliphatic heterocycles. The van der Waals surface area contributed by atoms with Gasteiger partial charge in [0.1, 0.15) is 0 Å². The van der Waals surface area contributed by atoms with Crippen molar-refractivity contribution in [1.82, 2.24) is 0 Å². The molecule has 0 amide bonds. The van der Waals surface area contributed by atoms with Crippen molar-refractivity contribution in [3.8, 4) is 0 Å². The average molecular weight is 351 g/mol. The van der Waals surface area contributed by atoms with Crippen molar-refractivity contribution >= 4 is 19.4 Å². The molecule has 0 spiro atoms. The Hall–Kier alpha value is -1.82. The molecular weight excluding hydrogens is 331 g/mol. The van der Waals surface area contributed by atoms with Gasteiger partial charge in [-0.3, -0.25) is 0 Å². The third-order valence-corrected chi connectivity index (χ3v) is 6.20. The second-order valence-corrected chi connectivity index (χ2v) is 8.31. The molecule has 0 aliphatic carbocycles. The fourth-order valence-electron chi connectivity index (χ4n) is 2.60. The van der Waals surface area contributed by atoms with Crippen LogP contribution in [-0.2, 0) is 12.8 Å². The summed E-state index contributed by atoms with van der Waals surface area (Å²) in [5, 5.41) is 0. The molecule has 0 aliphatic rings. The Morgan fingerprint density at radius 2 is 0.955 bits per heavy atom. The molecule has 3 aromatic carbocycles. The topological polar surface area (TPSA) is 0 Å². The fraction of sp³-hybridized carbons (Fsp3) is 0.143. The first kappa shape index (κ1) is 15.1. The molecule has 0 saturated heterocycles. The van der Waals surface area contributed by atoms with E-state index in [9.17, 15) is 0 Å². The van der Waals surface area contributed by atoms with Crippen molar-refractivity contribution in [3.05, 3.63) is 102 Å². The van der Waals surface area contributed by atoms with Crippen LogP contribution < -0.4 is 4.46 Å². The molecule has 110 valence electrons. The Morgan fingerprint density at radius 1 is 0.545 bits per heavy atom. The van der Waals surface area contributed by atoms with Gasteiger partial charge in [-0.15, -0.1) is 0 Å². The summed E-state index contributed by atoms with van der Waals surface area (Å²) in [4.78, 5) is 0.694. The zero-order chi connectivity index (χ0) is 15.0. The Kier molecular flexibility index (Phi) is 5.48. The van der Waals surface area contributed by atoms with Crippen LogP contribution in [-0.4, -0.2) is 15.0 Å². The molecule has 0 heterocycles. The molecule has 1 heteroatoms. The molecule has 22 heavy (non-hydrogen) atoms. The molecule has 3 aromatic rings. The van der Waals surface area contributed by atoms with Gasteiger partial charge in [0.05, 0.1) is 0 Å². The second kappa shape index (κ2) is 7.98. The van der Waals surface area contributed by atoms with Crippen LogP contribution in [0.15, 0.2) is 91.0 Å². The van der Waals surface area contributed by atoms with E-state index >= 15 is 0 Å². The number of hydrogen-bond donors (Lipinski definition) is 0. The minimum absolute atomic E-state index is 0.493. The van der Waals surface area contributed by atoms with E-state index < -0.39 is 0 Å². The summed E-state index contributed by atoms with van der Waals surface area (Å²) in [6.45, 7) is 0. The standard InChI is InChI=1S/C21H20Se/c1-4-10-18(11-5-1)16-21(17-19-12-6-2-7-13-19)22-20-14-8-3-9-15-20/h1-15,21H,16-17H2. The maximum absolute atomic E-state index is 2.27. The Morgan fingerprint density at radius 3 is 1.41 bits per heavy atom. The monoisotopic (exact) mass is 352 g/mol. The summed E-state index contributed by atoms with van der Waals surface area (Å²) in [6, 6.07) is 32.7. The van der Waals surface area contributed by atoms with Crippen LogP contribution in [0.1, 0.15) is 11.1 Å². The van der Waals surface area contributed by atoms with Gasteiger partial charge >= 0.3 is 139 Å². The van der Waals surface area contributed by atoms with E-state index in [1.165, 1.54) is 15.6 Å². The molecule has 0 unspecified atom stereocenters. The quantitative estimate of drug-likeness (QED) is 0.581. The maximum atomic E-state index is 2.27. The van der Waals surface area contributed by atoms with Crippen LogP contribution in [0, 0.1) is 0 Å². The van der Waals surface area contributed by atoms with Crippen LogP contribution in [0.3, 0.4) is 0 Å². The first-order chi connectivity index (χ1) is 10.9. The number of hydrogen-bond acceptors (Lipinski definition) is 0.